The van der Waals surface area contributed by atoms with Crippen molar-refractivity contribution >= 4 is 0 Å². The fourth-order valence-electron chi connectivity index (χ4n) is 4.00. The topological polar surface area (TPSA) is 15.3 Å². The predicted molar refractivity (Wildman–Crippen MR) is 83.5 cm³/mol. The first kappa shape index (κ1) is 15.3. The number of likely N-dealkylation sites (tertiary alicyclic amines) is 1. The lowest BCUT2D eigenvalue weighted by Gasteiger charge is -2.32. The molecule has 1 aliphatic carbocycles. The van der Waals surface area contributed by atoms with Crippen LogP contribution in [0, 0.1) is 5.92 Å². The molecular formula is C17H34N2. The first-order valence-electron chi connectivity index (χ1n) is 8.80. The summed E-state index contributed by atoms with van der Waals surface area (Å²) in [4.78, 5) is 2.61. The van der Waals surface area contributed by atoms with Gasteiger partial charge in [-0.2, -0.15) is 0 Å². The second-order valence-electron chi connectivity index (χ2n) is 6.74. The van der Waals surface area contributed by atoms with Gasteiger partial charge in [0.15, 0.2) is 0 Å². The van der Waals surface area contributed by atoms with Crippen LogP contribution >= 0.6 is 0 Å². The van der Waals surface area contributed by atoms with Gasteiger partial charge in [-0.25, -0.2) is 0 Å². The van der Waals surface area contributed by atoms with E-state index in [1.54, 1.807) is 0 Å². The highest BCUT2D eigenvalue weighted by atomic mass is 15.1. The minimum Gasteiger partial charge on any atom is -0.311 e. The molecule has 1 atom stereocenters. The van der Waals surface area contributed by atoms with E-state index in [0.29, 0.717) is 0 Å². The minimum atomic E-state index is 0.796. The highest BCUT2D eigenvalue weighted by Gasteiger charge is 2.23. The molecule has 0 aromatic carbocycles. The molecule has 2 aliphatic rings. The van der Waals surface area contributed by atoms with Crippen LogP contribution < -0.4 is 5.32 Å². The zero-order chi connectivity index (χ0) is 13.5. The molecule has 1 aliphatic heterocycles. The van der Waals surface area contributed by atoms with Crippen LogP contribution in [-0.2, 0) is 0 Å². The van der Waals surface area contributed by atoms with E-state index in [9.17, 15) is 0 Å². The molecule has 1 N–H and O–H groups in total. The third-order valence-corrected chi connectivity index (χ3v) is 5.28. The van der Waals surface area contributed by atoms with Gasteiger partial charge in [-0.05, 0) is 70.5 Å². The highest BCUT2D eigenvalue weighted by molar-refractivity contribution is 4.82. The lowest BCUT2D eigenvalue weighted by Crippen LogP contribution is -2.41. The van der Waals surface area contributed by atoms with Crippen molar-refractivity contribution in [3.05, 3.63) is 0 Å². The maximum absolute atomic E-state index is 3.98. The molecule has 2 nitrogen and oxygen atoms in total. The summed E-state index contributed by atoms with van der Waals surface area (Å²) in [7, 11) is 0. The SMILES string of the molecule is CCCC1CCC(NC2CCCN(CC)CC2)CC1. The fraction of sp³-hybridized carbons (Fsp3) is 1.00. The van der Waals surface area contributed by atoms with Crippen LogP contribution in [0.2, 0.25) is 0 Å². The Morgan fingerprint density at radius 3 is 2.32 bits per heavy atom. The van der Waals surface area contributed by atoms with E-state index in [1.165, 1.54) is 77.4 Å². The molecule has 2 rings (SSSR count). The largest absolute Gasteiger partial charge is 0.311 e. The van der Waals surface area contributed by atoms with Gasteiger partial charge in [-0.3, -0.25) is 0 Å². The van der Waals surface area contributed by atoms with Crippen molar-refractivity contribution in [1.82, 2.24) is 10.2 Å². The highest BCUT2D eigenvalue weighted by Crippen LogP contribution is 2.28. The summed E-state index contributed by atoms with van der Waals surface area (Å²) in [5, 5.41) is 3.98. The Labute approximate surface area is 120 Å². The third-order valence-electron chi connectivity index (χ3n) is 5.28. The van der Waals surface area contributed by atoms with Crippen molar-refractivity contribution in [2.75, 3.05) is 19.6 Å². The van der Waals surface area contributed by atoms with Crippen LogP contribution in [0.3, 0.4) is 0 Å². The average Bonchev–Trinajstić information content (AvgIpc) is 2.66. The average molecular weight is 266 g/mol. The van der Waals surface area contributed by atoms with E-state index in [1.807, 2.05) is 0 Å². The smallest absolute Gasteiger partial charge is 0.00823 e. The van der Waals surface area contributed by atoms with Crippen molar-refractivity contribution in [2.24, 2.45) is 5.92 Å². The van der Waals surface area contributed by atoms with E-state index < -0.39 is 0 Å². The number of nitrogens with zero attached hydrogens (tertiary/aromatic N) is 1. The van der Waals surface area contributed by atoms with Crippen molar-refractivity contribution in [2.45, 2.75) is 83.7 Å². The lowest BCUT2D eigenvalue weighted by atomic mass is 9.83. The van der Waals surface area contributed by atoms with Crippen molar-refractivity contribution in [3.63, 3.8) is 0 Å². The normalized spacial score (nSPS) is 34.1. The molecule has 0 spiro atoms. The Bertz CT molecular complexity index is 233. The predicted octanol–water partition coefficient (Wildman–Crippen LogP) is 3.81. The molecule has 0 radical (unpaired) electrons. The minimum absolute atomic E-state index is 0.796. The molecule has 0 bridgehead atoms. The molecule has 0 aromatic heterocycles. The Morgan fingerprint density at radius 1 is 0.895 bits per heavy atom. The second kappa shape index (κ2) is 8.26. The summed E-state index contributed by atoms with van der Waals surface area (Å²) in [6.45, 7) is 8.48. The Morgan fingerprint density at radius 2 is 1.63 bits per heavy atom. The molecule has 1 saturated heterocycles. The van der Waals surface area contributed by atoms with Gasteiger partial charge < -0.3 is 10.2 Å². The summed E-state index contributed by atoms with van der Waals surface area (Å²) >= 11 is 0. The second-order valence-corrected chi connectivity index (χ2v) is 6.74. The van der Waals surface area contributed by atoms with Crippen LogP contribution in [0.5, 0.6) is 0 Å². The number of rotatable bonds is 5. The van der Waals surface area contributed by atoms with Crippen LogP contribution in [0.15, 0.2) is 0 Å². The molecule has 0 aromatic rings. The van der Waals surface area contributed by atoms with E-state index in [4.69, 9.17) is 0 Å². The van der Waals surface area contributed by atoms with Gasteiger partial charge in [0, 0.05) is 12.1 Å². The maximum atomic E-state index is 3.98. The first-order valence-corrected chi connectivity index (χ1v) is 8.80. The zero-order valence-electron chi connectivity index (χ0n) is 13.2. The third kappa shape index (κ3) is 5.07. The van der Waals surface area contributed by atoms with E-state index in [0.717, 1.165) is 18.0 Å². The number of hydrogen-bond acceptors (Lipinski definition) is 2. The fourth-order valence-corrected chi connectivity index (χ4v) is 4.00. The van der Waals surface area contributed by atoms with Gasteiger partial charge in [0.05, 0.1) is 0 Å². The standard InChI is InChI=1S/C17H34N2/c1-3-6-15-8-10-17(11-9-15)18-16-7-5-13-19(4-2)14-12-16/h15-18H,3-14H2,1-2H3. The van der Waals surface area contributed by atoms with Crippen molar-refractivity contribution in [1.29, 1.82) is 0 Å². The van der Waals surface area contributed by atoms with Crippen LogP contribution in [0.25, 0.3) is 0 Å². The summed E-state index contributed by atoms with van der Waals surface area (Å²) in [5.41, 5.74) is 0. The van der Waals surface area contributed by atoms with Gasteiger partial charge in [-0.15, -0.1) is 0 Å². The summed E-state index contributed by atoms with van der Waals surface area (Å²) < 4.78 is 0. The summed E-state index contributed by atoms with van der Waals surface area (Å²) in [6, 6.07) is 1.62. The monoisotopic (exact) mass is 266 g/mol. The van der Waals surface area contributed by atoms with Gasteiger partial charge >= 0.3 is 0 Å². The Hall–Kier alpha value is -0.0800. The molecule has 1 saturated carbocycles. The van der Waals surface area contributed by atoms with E-state index in [-0.39, 0.29) is 0 Å². The summed E-state index contributed by atoms with van der Waals surface area (Å²) in [6.07, 6.45) is 12.8. The molecule has 2 fully saturated rings. The van der Waals surface area contributed by atoms with Crippen LogP contribution in [-0.4, -0.2) is 36.6 Å². The lowest BCUT2D eigenvalue weighted by molar-refractivity contribution is 0.252. The molecule has 112 valence electrons. The molecule has 0 amide bonds. The van der Waals surface area contributed by atoms with Gasteiger partial charge in [-0.1, -0.05) is 26.7 Å². The first-order chi connectivity index (χ1) is 9.31. The van der Waals surface area contributed by atoms with Gasteiger partial charge in [0.25, 0.3) is 0 Å². The van der Waals surface area contributed by atoms with Crippen LogP contribution in [0.1, 0.15) is 71.6 Å². The van der Waals surface area contributed by atoms with Gasteiger partial charge in [0.1, 0.15) is 0 Å². The van der Waals surface area contributed by atoms with E-state index in [2.05, 4.69) is 24.1 Å². The Balaban J connectivity index is 1.67. The quantitative estimate of drug-likeness (QED) is 0.814. The van der Waals surface area contributed by atoms with Crippen molar-refractivity contribution in [3.8, 4) is 0 Å². The summed E-state index contributed by atoms with van der Waals surface area (Å²) in [5.74, 6) is 1.03. The molecule has 2 heteroatoms. The number of hydrogen-bond donors (Lipinski definition) is 1. The molecular weight excluding hydrogens is 232 g/mol. The zero-order valence-corrected chi connectivity index (χ0v) is 13.2. The van der Waals surface area contributed by atoms with E-state index >= 15 is 0 Å². The van der Waals surface area contributed by atoms with Gasteiger partial charge in [0.2, 0.25) is 0 Å². The molecule has 1 heterocycles. The van der Waals surface area contributed by atoms with Crippen molar-refractivity contribution < 1.29 is 0 Å². The molecule has 19 heavy (non-hydrogen) atoms. The maximum Gasteiger partial charge on any atom is 0.00823 e. The molecule has 1 unspecified atom stereocenters. The Kier molecular flexibility index (Phi) is 6.66. The van der Waals surface area contributed by atoms with Crippen LogP contribution in [0.4, 0.5) is 0 Å². The number of nitrogens with one attached hydrogen (secondary N) is 1.